The van der Waals surface area contributed by atoms with Crippen molar-refractivity contribution in [1.29, 1.82) is 0 Å². The molecule has 0 radical (unpaired) electrons. The Balaban J connectivity index is 1.12. The molecule has 1 aromatic heterocycles. The lowest BCUT2D eigenvalue weighted by Crippen LogP contribution is -2.71. The maximum Gasteiger partial charge on any atom is 0.355 e. The van der Waals surface area contributed by atoms with Gasteiger partial charge < -0.3 is 24.5 Å². The monoisotopic (exact) mass is 648 g/mol. The zero-order valence-electron chi connectivity index (χ0n) is 25.6. The van der Waals surface area contributed by atoms with E-state index in [1.807, 2.05) is 18.2 Å². The van der Waals surface area contributed by atoms with Gasteiger partial charge in [0.15, 0.2) is 6.61 Å². The number of nitrogens with one attached hydrogen (secondary N) is 2. The van der Waals surface area contributed by atoms with Gasteiger partial charge in [-0.15, -0.1) is 11.8 Å². The quantitative estimate of drug-likeness (QED) is 0.159. The van der Waals surface area contributed by atoms with Gasteiger partial charge in [0.05, 0.1) is 21.5 Å². The number of nitrogens with zero attached hydrogens (tertiary/aromatic N) is 2. The summed E-state index contributed by atoms with van der Waals surface area (Å²) in [6.45, 7) is 5.90. The number of carbonyl (C=O) groups excluding carboxylic acids is 4. The highest BCUT2D eigenvalue weighted by Gasteiger charge is 2.54. The van der Waals surface area contributed by atoms with Crippen molar-refractivity contribution in [3.63, 3.8) is 0 Å². The summed E-state index contributed by atoms with van der Waals surface area (Å²) in [5.74, 6) is -1.43. The number of thioether (sulfide) groups is 1. The fourth-order valence-corrected chi connectivity index (χ4v) is 7.29. The number of nitro benzene ring substituents is 1. The molecule has 46 heavy (non-hydrogen) atoms. The fraction of sp³-hybridized carbons (Fsp3) is 0.375. The number of amides is 2. The second kappa shape index (κ2) is 11.8. The first-order valence-corrected chi connectivity index (χ1v) is 15.7. The van der Waals surface area contributed by atoms with Crippen LogP contribution in [-0.4, -0.2) is 74.5 Å². The van der Waals surface area contributed by atoms with Crippen LogP contribution in [0, 0.1) is 10.1 Å². The summed E-state index contributed by atoms with van der Waals surface area (Å²) in [6, 6.07) is 9.57. The van der Waals surface area contributed by atoms with Crippen LogP contribution in [0.1, 0.15) is 38.8 Å². The molecule has 2 aromatic carbocycles. The number of fused-ring (bicyclic) bond motifs is 6. The Labute approximate surface area is 267 Å². The third kappa shape index (κ3) is 5.80. The minimum atomic E-state index is -0.873. The molecule has 1 aliphatic carbocycles. The van der Waals surface area contributed by atoms with E-state index in [4.69, 9.17) is 14.2 Å². The summed E-state index contributed by atoms with van der Waals surface area (Å²) in [5.41, 5.74) is 4.10. The molecule has 0 bridgehead atoms. The van der Waals surface area contributed by atoms with Crippen molar-refractivity contribution in [2.45, 2.75) is 57.6 Å². The second-order valence-corrected chi connectivity index (χ2v) is 13.3. The Kier molecular flexibility index (Phi) is 8.00. The number of carbonyl (C=O) groups is 4. The smallest absolute Gasteiger partial charge is 0.355 e. The number of esters is 2. The number of non-ortho nitro benzene ring substituents is 1. The van der Waals surface area contributed by atoms with E-state index in [2.05, 4.69) is 10.3 Å². The van der Waals surface area contributed by atoms with Crippen molar-refractivity contribution in [3.05, 3.63) is 68.9 Å². The van der Waals surface area contributed by atoms with Gasteiger partial charge in [0.2, 0.25) is 0 Å². The highest BCUT2D eigenvalue weighted by Crippen LogP contribution is 2.43. The number of hydrogen-bond acceptors (Lipinski definition) is 10. The lowest BCUT2D eigenvalue weighted by molar-refractivity contribution is -0.383. The summed E-state index contributed by atoms with van der Waals surface area (Å²) >= 11 is 1.35. The minimum absolute atomic E-state index is 0.0356. The van der Waals surface area contributed by atoms with Gasteiger partial charge in [-0.1, -0.05) is 6.07 Å². The number of ether oxygens (including phenoxy) is 3. The minimum Gasteiger partial charge on any atom is -0.484 e. The van der Waals surface area contributed by atoms with E-state index in [-0.39, 0.29) is 29.5 Å². The standard InChI is InChI=1S/C32H32N4O9S/c1-16(37)43-13-18-15-46-30-27(29(39)35(30)28(18)31(40)45-32(2,3)4)34-24(38)14-44-19-9-11-20-17(12-19)8-10-21-25-22(33-26(20)21)6-5-7-23(25)36(41)42/h5-7,9,11-12,27,30,33H,8,10,13-15H2,1-4H3,(H,34,38). The average molecular weight is 649 g/mol. The molecule has 3 aromatic rings. The van der Waals surface area contributed by atoms with Crippen molar-refractivity contribution in [3.8, 4) is 17.0 Å². The van der Waals surface area contributed by atoms with E-state index >= 15 is 0 Å². The second-order valence-electron chi connectivity index (χ2n) is 12.2. The Morgan fingerprint density at radius 3 is 2.67 bits per heavy atom. The van der Waals surface area contributed by atoms with Crippen LogP contribution in [0.4, 0.5) is 5.69 Å². The Bertz CT molecular complexity index is 1840. The SMILES string of the molecule is CC(=O)OCC1=C(C(=O)OC(C)(C)C)N2C(=O)C(NC(=O)COc3ccc4c(c3)CCc3c-4[nH]c4cccc([N+](=O)[O-])c34)C2SC1. The normalized spacial score (nSPS) is 18.6. The molecule has 0 saturated carbocycles. The first kappa shape index (κ1) is 31.1. The number of aryl methyl sites for hydroxylation is 2. The van der Waals surface area contributed by atoms with Crippen molar-refractivity contribution in [2.75, 3.05) is 19.0 Å². The largest absolute Gasteiger partial charge is 0.484 e. The third-order valence-electron chi connectivity index (χ3n) is 7.87. The zero-order valence-corrected chi connectivity index (χ0v) is 26.4. The van der Waals surface area contributed by atoms with Crippen LogP contribution < -0.4 is 10.1 Å². The number of benzene rings is 2. The van der Waals surface area contributed by atoms with Crippen molar-refractivity contribution in [2.24, 2.45) is 0 Å². The van der Waals surface area contributed by atoms with Crippen LogP contribution in [0.15, 0.2) is 47.7 Å². The van der Waals surface area contributed by atoms with Crippen molar-refractivity contribution < 1.29 is 38.3 Å². The van der Waals surface area contributed by atoms with Crippen LogP contribution in [0.25, 0.3) is 22.2 Å². The van der Waals surface area contributed by atoms with Crippen LogP contribution in [-0.2, 0) is 41.5 Å². The number of aromatic amines is 1. The van der Waals surface area contributed by atoms with E-state index < -0.39 is 40.8 Å². The molecule has 6 rings (SSSR count). The molecule has 14 heteroatoms. The van der Waals surface area contributed by atoms with Crippen molar-refractivity contribution >= 4 is 52.1 Å². The highest BCUT2D eigenvalue weighted by atomic mass is 32.2. The highest BCUT2D eigenvalue weighted by molar-refractivity contribution is 8.00. The molecule has 2 N–H and O–H groups in total. The third-order valence-corrected chi connectivity index (χ3v) is 9.21. The van der Waals surface area contributed by atoms with Gasteiger partial charge in [-0.25, -0.2) is 4.79 Å². The predicted octanol–water partition coefficient (Wildman–Crippen LogP) is 3.78. The van der Waals surface area contributed by atoms with Gasteiger partial charge in [-0.2, -0.15) is 0 Å². The lowest BCUT2D eigenvalue weighted by atomic mass is 9.88. The molecule has 2 amide bonds. The van der Waals surface area contributed by atoms with Gasteiger partial charge >= 0.3 is 11.9 Å². The number of nitro groups is 1. The number of hydrogen-bond donors (Lipinski definition) is 2. The molecule has 3 heterocycles. The van der Waals surface area contributed by atoms with Gasteiger partial charge in [0.1, 0.15) is 35.1 Å². The molecule has 2 atom stereocenters. The van der Waals surface area contributed by atoms with Crippen LogP contribution in [0.2, 0.25) is 0 Å². The molecule has 1 fully saturated rings. The molecule has 2 aliphatic heterocycles. The summed E-state index contributed by atoms with van der Waals surface area (Å²) in [7, 11) is 0. The Morgan fingerprint density at radius 1 is 1.17 bits per heavy atom. The zero-order chi connectivity index (χ0) is 32.9. The Hall–Kier alpha value is -4.85. The summed E-state index contributed by atoms with van der Waals surface area (Å²) in [6.07, 6.45) is 1.25. The van der Waals surface area contributed by atoms with Crippen molar-refractivity contribution in [1.82, 2.24) is 15.2 Å². The molecule has 1 saturated heterocycles. The van der Waals surface area contributed by atoms with Crippen LogP contribution in [0.3, 0.4) is 0 Å². The average Bonchev–Trinajstić information content (AvgIpc) is 3.39. The number of β-lactam (4-membered cyclic amide) rings is 1. The Morgan fingerprint density at radius 2 is 1.96 bits per heavy atom. The summed E-state index contributed by atoms with van der Waals surface area (Å²) < 4.78 is 16.4. The molecular formula is C32H32N4O9S. The van der Waals surface area contributed by atoms with Gasteiger partial charge in [-0.3, -0.25) is 29.4 Å². The van der Waals surface area contributed by atoms with E-state index in [1.165, 1.54) is 29.7 Å². The number of rotatable bonds is 8. The molecule has 240 valence electrons. The molecule has 13 nitrogen and oxygen atoms in total. The number of H-pyrrole nitrogens is 1. The predicted molar refractivity (Wildman–Crippen MR) is 168 cm³/mol. The maximum absolute atomic E-state index is 13.2. The van der Waals surface area contributed by atoms with E-state index in [1.54, 1.807) is 32.9 Å². The first-order chi connectivity index (χ1) is 21.8. The maximum atomic E-state index is 13.2. The summed E-state index contributed by atoms with van der Waals surface area (Å²) in [4.78, 5) is 66.5. The van der Waals surface area contributed by atoms with Crippen LogP contribution >= 0.6 is 11.8 Å². The van der Waals surface area contributed by atoms with E-state index in [9.17, 15) is 29.3 Å². The van der Waals surface area contributed by atoms with E-state index in [0.717, 1.165) is 22.4 Å². The summed E-state index contributed by atoms with van der Waals surface area (Å²) in [5, 5.41) is 14.4. The van der Waals surface area contributed by atoms with Gasteiger partial charge in [-0.05, 0) is 69.0 Å². The topological polar surface area (TPSA) is 170 Å². The lowest BCUT2D eigenvalue weighted by Gasteiger charge is -2.49. The molecular weight excluding hydrogens is 616 g/mol. The molecule has 0 spiro atoms. The molecule has 3 aliphatic rings. The van der Waals surface area contributed by atoms with E-state index in [0.29, 0.717) is 40.8 Å². The van der Waals surface area contributed by atoms with Gasteiger partial charge in [0.25, 0.3) is 17.5 Å². The first-order valence-electron chi connectivity index (χ1n) is 14.7. The van der Waals surface area contributed by atoms with Gasteiger partial charge in [0, 0.05) is 29.9 Å². The van der Waals surface area contributed by atoms with Crippen LogP contribution in [0.5, 0.6) is 5.75 Å². The number of aromatic nitrogens is 1. The fourth-order valence-electron chi connectivity index (χ4n) is 5.96. The molecule has 2 unspecified atom stereocenters.